The molecule has 1 atom stereocenters. The summed E-state index contributed by atoms with van der Waals surface area (Å²) in [6.07, 6.45) is 1.38. The molecule has 0 bridgehead atoms. The first-order valence-corrected chi connectivity index (χ1v) is 9.12. The van der Waals surface area contributed by atoms with Gasteiger partial charge in [0.05, 0.1) is 17.9 Å². The zero-order valence-electron chi connectivity index (χ0n) is 15.7. The number of carbonyl (C=O) groups is 1. The lowest BCUT2D eigenvalue weighted by Gasteiger charge is -2.37. The van der Waals surface area contributed by atoms with Crippen molar-refractivity contribution < 1.29 is 14.1 Å². The maximum absolute atomic E-state index is 13.1. The van der Waals surface area contributed by atoms with Gasteiger partial charge in [0.25, 0.3) is 0 Å². The van der Waals surface area contributed by atoms with Gasteiger partial charge < -0.3 is 14.6 Å². The molecular formula is C21H24N2O3. The van der Waals surface area contributed by atoms with Crippen molar-refractivity contribution in [1.29, 1.82) is 0 Å². The fourth-order valence-corrected chi connectivity index (χ4v) is 4.13. The molecule has 2 aromatic rings. The first kappa shape index (κ1) is 16.9. The van der Waals surface area contributed by atoms with Gasteiger partial charge in [0, 0.05) is 23.6 Å². The second-order valence-electron chi connectivity index (χ2n) is 7.90. The number of ketones is 1. The van der Waals surface area contributed by atoms with Gasteiger partial charge in [-0.25, -0.2) is 0 Å². The number of ether oxygens (including phenoxy) is 1. The highest BCUT2D eigenvalue weighted by Crippen LogP contribution is 2.49. The number of anilines is 1. The van der Waals surface area contributed by atoms with E-state index in [2.05, 4.69) is 24.3 Å². The van der Waals surface area contributed by atoms with Gasteiger partial charge >= 0.3 is 0 Å². The second-order valence-corrected chi connectivity index (χ2v) is 7.90. The fraction of sp³-hybridized carbons (Fsp3) is 0.429. The number of benzene rings is 1. The average Bonchev–Trinajstić information content (AvgIpc) is 2.94. The number of aryl methyl sites for hydroxylation is 1. The van der Waals surface area contributed by atoms with Gasteiger partial charge in [0.15, 0.2) is 5.78 Å². The van der Waals surface area contributed by atoms with Crippen LogP contribution in [0.3, 0.4) is 0 Å². The summed E-state index contributed by atoms with van der Waals surface area (Å²) >= 11 is 0. The lowest BCUT2D eigenvalue weighted by Crippen LogP contribution is -2.33. The Kier molecular flexibility index (Phi) is 3.90. The van der Waals surface area contributed by atoms with Crippen molar-refractivity contribution in [2.75, 3.05) is 11.9 Å². The van der Waals surface area contributed by atoms with Gasteiger partial charge in [0.1, 0.15) is 5.75 Å². The number of rotatable bonds is 3. The fourth-order valence-electron chi connectivity index (χ4n) is 4.13. The monoisotopic (exact) mass is 352 g/mol. The van der Waals surface area contributed by atoms with Gasteiger partial charge in [-0.15, -0.1) is 0 Å². The molecule has 1 aromatic heterocycles. The maximum atomic E-state index is 13.1. The first-order chi connectivity index (χ1) is 12.4. The van der Waals surface area contributed by atoms with E-state index in [1.165, 1.54) is 0 Å². The van der Waals surface area contributed by atoms with E-state index in [1.54, 1.807) is 0 Å². The molecule has 1 N–H and O–H groups in total. The topological polar surface area (TPSA) is 64.4 Å². The molecule has 0 amide bonds. The van der Waals surface area contributed by atoms with Crippen LogP contribution in [0.2, 0.25) is 0 Å². The Labute approximate surface area is 153 Å². The normalized spacial score (nSPS) is 21.1. The minimum Gasteiger partial charge on any atom is -0.494 e. The van der Waals surface area contributed by atoms with Crippen LogP contribution in [0.5, 0.6) is 5.75 Å². The Hall–Kier alpha value is -2.56. The van der Waals surface area contributed by atoms with Gasteiger partial charge in [0.2, 0.25) is 5.88 Å². The molecule has 1 aromatic carbocycles. The Morgan fingerprint density at radius 2 is 2.00 bits per heavy atom. The number of fused-ring (bicyclic) bond motifs is 1. The highest BCUT2D eigenvalue weighted by molar-refractivity contribution is 6.01. The predicted molar refractivity (Wildman–Crippen MR) is 99.4 cm³/mol. The van der Waals surface area contributed by atoms with E-state index in [1.807, 2.05) is 38.1 Å². The van der Waals surface area contributed by atoms with E-state index in [0.717, 1.165) is 40.3 Å². The van der Waals surface area contributed by atoms with Gasteiger partial charge in [-0.2, -0.15) is 0 Å². The third kappa shape index (κ3) is 2.71. The largest absolute Gasteiger partial charge is 0.494 e. The predicted octanol–water partition coefficient (Wildman–Crippen LogP) is 4.58. The molecule has 0 saturated carbocycles. The van der Waals surface area contributed by atoms with Crippen molar-refractivity contribution in [3.63, 3.8) is 0 Å². The molecule has 136 valence electrons. The Morgan fingerprint density at radius 1 is 1.27 bits per heavy atom. The molecule has 0 saturated heterocycles. The summed E-state index contributed by atoms with van der Waals surface area (Å²) in [7, 11) is 0. The molecule has 0 radical (unpaired) electrons. The lowest BCUT2D eigenvalue weighted by molar-refractivity contribution is -0.118. The van der Waals surface area contributed by atoms with Gasteiger partial charge in [-0.05, 0) is 43.4 Å². The summed E-state index contributed by atoms with van der Waals surface area (Å²) in [5.74, 6) is 1.55. The van der Waals surface area contributed by atoms with Crippen molar-refractivity contribution >= 4 is 11.7 Å². The van der Waals surface area contributed by atoms with Crippen LogP contribution in [-0.2, 0) is 4.79 Å². The van der Waals surface area contributed by atoms with Crippen molar-refractivity contribution in [3.8, 4) is 5.75 Å². The molecular weight excluding hydrogens is 328 g/mol. The van der Waals surface area contributed by atoms with Crippen molar-refractivity contribution in [1.82, 2.24) is 5.16 Å². The summed E-state index contributed by atoms with van der Waals surface area (Å²) in [4.78, 5) is 13.1. The lowest BCUT2D eigenvalue weighted by atomic mass is 9.69. The van der Waals surface area contributed by atoms with E-state index in [4.69, 9.17) is 9.26 Å². The molecule has 5 nitrogen and oxygen atoms in total. The van der Waals surface area contributed by atoms with Crippen LogP contribution < -0.4 is 10.1 Å². The summed E-state index contributed by atoms with van der Waals surface area (Å²) in [5, 5.41) is 7.48. The quantitative estimate of drug-likeness (QED) is 0.876. The minimum absolute atomic E-state index is 0.0567. The van der Waals surface area contributed by atoms with Crippen LogP contribution in [0.4, 0.5) is 5.88 Å². The number of carbonyl (C=O) groups excluding carboxylic acids is 1. The second kappa shape index (κ2) is 6.01. The van der Waals surface area contributed by atoms with E-state index < -0.39 is 0 Å². The maximum Gasteiger partial charge on any atom is 0.233 e. The molecule has 1 aliphatic carbocycles. The van der Waals surface area contributed by atoms with Crippen molar-refractivity contribution in [2.45, 2.75) is 46.5 Å². The van der Waals surface area contributed by atoms with Crippen LogP contribution in [0, 0.1) is 12.3 Å². The number of aromatic nitrogens is 1. The van der Waals surface area contributed by atoms with Crippen molar-refractivity contribution in [2.24, 2.45) is 5.41 Å². The zero-order valence-corrected chi connectivity index (χ0v) is 15.7. The van der Waals surface area contributed by atoms with E-state index in [-0.39, 0.29) is 17.1 Å². The minimum atomic E-state index is -0.147. The smallest absolute Gasteiger partial charge is 0.233 e. The Morgan fingerprint density at radius 3 is 2.69 bits per heavy atom. The van der Waals surface area contributed by atoms with Crippen LogP contribution in [0.1, 0.15) is 56.4 Å². The zero-order chi connectivity index (χ0) is 18.5. The molecule has 2 aliphatic rings. The Bertz CT molecular complexity index is 890. The summed E-state index contributed by atoms with van der Waals surface area (Å²) in [5.41, 5.74) is 4.60. The van der Waals surface area contributed by atoms with Crippen LogP contribution in [-0.4, -0.2) is 17.5 Å². The van der Waals surface area contributed by atoms with Gasteiger partial charge in [-0.3, -0.25) is 4.79 Å². The summed E-state index contributed by atoms with van der Waals surface area (Å²) in [6, 6.07) is 7.99. The van der Waals surface area contributed by atoms with E-state index in [0.29, 0.717) is 18.9 Å². The molecule has 1 unspecified atom stereocenters. The summed E-state index contributed by atoms with van der Waals surface area (Å²) < 4.78 is 11.1. The average molecular weight is 352 g/mol. The Balaban J connectivity index is 1.85. The first-order valence-electron chi connectivity index (χ1n) is 9.12. The number of hydrogen-bond acceptors (Lipinski definition) is 5. The molecule has 0 spiro atoms. The molecule has 5 heteroatoms. The molecule has 1 aliphatic heterocycles. The number of nitrogens with one attached hydrogen (secondary N) is 1. The summed E-state index contributed by atoms with van der Waals surface area (Å²) in [6.45, 7) is 8.78. The number of Topliss-reactive ketones (excluding diaryl/α,β-unsaturated/α-hetero) is 1. The standard InChI is InChI=1S/C21H24N2O3/c1-5-25-14-8-6-13(7-9-14)18-17-12(2)23-26-20(17)22-15-10-21(3,4)11-16(24)19(15)18/h6-9,18,22H,5,10-11H2,1-4H3. The molecule has 4 rings (SSSR count). The number of allylic oxidation sites excluding steroid dienone is 2. The molecule has 0 fully saturated rings. The SMILES string of the molecule is CCOc1ccc(C2C3=C(CC(C)(C)CC3=O)Nc3onc(C)c32)cc1. The third-order valence-corrected chi connectivity index (χ3v) is 5.19. The number of hydrogen-bond donors (Lipinski definition) is 1. The highest BCUT2D eigenvalue weighted by Gasteiger charge is 2.42. The van der Waals surface area contributed by atoms with E-state index in [9.17, 15) is 4.79 Å². The molecule has 2 heterocycles. The van der Waals surface area contributed by atoms with Crippen LogP contribution in [0.25, 0.3) is 0 Å². The van der Waals surface area contributed by atoms with Crippen LogP contribution >= 0.6 is 0 Å². The highest BCUT2D eigenvalue weighted by atomic mass is 16.5. The third-order valence-electron chi connectivity index (χ3n) is 5.19. The van der Waals surface area contributed by atoms with Crippen LogP contribution in [0.15, 0.2) is 40.1 Å². The van der Waals surface area contributed by atoms with E-state index >= 15 is 0 Å². The number of nitrogens with zero attached hydrogens (tertiary/aromatic N) is 1. The van der Waals surface area contributed by atoms with Crippen molar-refractivity contribution in [3.05, 3.63) is 52.4 Å². The molecule has 26 heavy (non-hydrogen) atoms. The van der Waals surface area contributed by atoms with Gasteiger partial charge in [-0.1, -0.05) is 31.1 Å².